The standard InChI is InChI=1S/C14H29NO/c1-4-5-6-7-8-9-10-11-12-13(2)14(16)15-3/h13H,4-12H2,1-3H3,(H,15,16). The summed E-state index contributed by atoms with van der Waals surface area (Å²) in [6, 6.07) is 0. The van der Waals surface area contributed by atoms with Gasteiger partial charge in [-0.1, -0.05) is 65.2 Å². The lowest BCUT2D eigenvalue weighted by atomic mass is 10.0. The molecule has 0 aliphatic heterocycles. The highest BCUT2D eigenvalue weighted by Gasteiger charge is 2.09. The Morgan fingerprint density at radius 1 is 1.00 bits per heavy atom. The maximum absolute atomic E-state index is 11.2. The van der Waals surface area contributed by atoms with E-state index in [1.54, 1.807) is 7.05 Å². The van der Waals surface area contributed by atoms with E-state index in [-0.39, 0.29) is 11.8 Å². The molecule has 0 spiro atoms. The minimum atomic E-state index is 0.183. The maximum atomic E-state index is 11.2. The Balaban J connectivity index is 3.17. The van der Waals surface area contributed by atoms with Gasteiger partial charge in [-0.15, -0.1) is 0 Å². The topological polar surface area (TPSA) is 29.1 Å². The Morgan fingerprint density at radius 3 is 2.00 bits per heavy atom. The van der Waals surface area contributed by atoms with E-state index >= 15 is 0 Å². The maximum Gasteiger partial charge on any atom is 0.222 e. The van der Waals surface area contributed by atoms with Gasteiger partial charge in [-0.05, 0) is 6.42 Å². The van der Waals surface area contributed by atoms with Crippen LogP contribution in [0.5, 0.6) is 0 Å². The number of nitrogens with one attached hydrogen (secondary N) is 1. The van der Waals surface area contributed by atoms with Gasteiger partial charge in [0, 0.05) is 13.0 Å². The van der Waals surface area contributed by atoms with E-state index in [1.165, 1.54) is 51.4 Å². The van der Waals surface area contributed by atoms with E-state index in [0.29, 0.717) is 0 Å². The fourth-order valence-electron chi connectivity index (χ4n) is 1.96. The van der Waals surface area contributed by atoms with Gasteiger partial charge in [0.15, 0.2) is 0 Å². The summed E-state index contributed by atoms with van der Waals surface area (Å²) < 4.78 is 0. The first-order valence-corrected chi connectivity index (χ1v) is 6.94. The van der Waals surface area contributed by atoms with Crippen molar-refractivity contribution < 1.29 is 4.79 Å². The fourth-order valence-corrected chi connectivity index (χ4v) is 1.96. The van der Waals surface area contributed by atoms with Crippen LogP contribution in [0.3, 0.4) is 0 Å². The minimum Gasteiger partial charge on any atom is -0.359 e. The van der Waals surface area contributed by atoms with Gasteiger partial charge >= 0.3 is 0 Å². The van der Waals surface area contributed by atoms with Gasteiger partial charge in [0.1, 0.15) is 0 Å². The summed E-state index contributed by atoms with van der Waals surface area (Å²) in [5.41, 5.74) is 0. The fraction of sp³-hybridized carbons (Fsp3) is 0.929. The first-order valence-electron chi connectivity index (χ1n) is 6.94. The van der Waals surface area contributed by atoms with E-state index in [2.05, 4.69) is 12.2 Å². The predicted molar refractivity (Wildman–Crippen MR) is 70.5 cm³/mol. The van der Waals surface area contributed by atoms with Crippen molar-refractivity contribution >= 4 is 5.91 Å². The van der Waals surface area contributed by atoms with Crippen molar-refractivity contribution in [1.29, 1.82) is 0 Å². The molecular formula is C14H29NO. The summed E-state index contributed by atoms with van der Waals surface area (Å²) in [4.78, 5) is 11.2. The average Bonchev–Trinajstić information content (AvgIpc) is 2.31. The van der Waals surface area contributed by atoms with E-state index in [0.717, 1.165) is 6.42 Å². The van der Waals surface area contributed by atoms with Gasteiger partial charge in [-0.25, -0.2) is 0 Å². The smallest absolute Gasteiger partial charge is 0.222 e. The molecule has 1 amide bonds. The van der Waals surface area contributed by atoms with Gasteiger partial charge in [0.25, 0.3) is 0 Å². The zero-order valence-electron chi connectivity index (χ0n) is 11.3. The van der Waals surface area contributed by atoms with Gasteiger partial charge in [0.2, 0.25) is 5.91 Å². The van der Waals surface area contributed by atoms with Crippen molar-refractivity contribution in [2.24, 2.45) is 5.92 Å². The molecule has 0 aromatic carbocycles. The molecule has 0 bridgehead atoms. The quantitative estimate of drug-likeness (QED) is 0.563. The zero-order chi connectivity index (χ0) is 12.2. The molecule has 1 unspecified atom stereocenters. The van der Waals surface area contributed by atoms with Crippen molar-refractivity contribution in [2.45, 2.75) is 71.6 Å². The number of unbranched alkanes of at least 4 members (excludes halogenated alkanes) is 7. The highest BCUT2D eigenvalue weighted by Crippen LogP contribution is 2.12. The van der Waals surface area contributed by atoms with E-state index in [4.69, 9.17) is 0 Å². The minimum absolute atomic E-state index is 0.183. The highest BCUT2D eigenvalue weighted by molar-refractivity contribution is 5.77. The Kier molecular flexibility index (Phi) is 10.6. The number of carbonyl (C=O) groups is 1. The highest BCUT2D eigenvalue weighted by atomic mass is 16.1. The number of amides is 1. The lowest BCUT2D eigenvalue weighted by molar-refractivity contribution is -0.124. The number of hydrogen-bond acceptors (Lipinski definition) is 1. The molecule has 1 N–H and O–H groups in total. The van der Waals surface area contributed by atoms with Gasteiger partial charge < -0.3 is 5.32 Å². The summed E-state index contributed by atoms with van der Waals surface area (Å²) in [6.07, 6.45) is 11.7. The zero-order valence-corrected chi connectivity index (χ0v) is 11.3. The van der Waals surface area contributed by atoms with Crippen molar-refractivity contribution in [2.75, 3.05) is 7.05 Å². The number of carbonyl (C=O) groups excluding carboxylic acids is 1. The van der Waals surface area contributed by atoms with E-state index in [1.807, 2.05) is 6.92 Å². The van der Waals surface area contributed by atoms with Crippen molar-refractivity contribution in [3.05, 3.63) is 0 Å². The molecule has 0 heterocycles. The molecule has 96 valence electrons. The van der Waals surface area contributed by atoms with Crippen LogP contribution in [0.2, 0.25) is 0 Å². The first kappa shape index (κ1) is 15.5. The van der Waals surface area contributed by atoms with Crippen LogP contribution in [0, 0.1) is 5.92 Å². The van der Waals surface area contributed by atoms with Gasteiger partial charge in [0.05, 0.1) is 0 Å². The van der Waals surface area contributed by atoms with Gasteiger partial charge in [-0.2, -0.15) is 0 Å². The molecule has 0 saturated carbocycles. The number of rotatable bonds is 10. The van der Waals surface area contributed by atoms with Crippen LogP contribution >= 0.6 is 0 Å². The number of hydrogen-bond donors (Lipinski definition) is 1. The Hall–Kier alpha value is -0.530. The van der Waals surface area contributed by atoms with Crippen molar-refractivity contribution in [3.8, 4) is 0 Å². The molecule has 0 rings (SSSR count). The molecular weight excluding hydrogens is 198 g/mol. The van der Waals surface area contributed by atoms with Crippen LogP contribution in [0.15, 0.2) is 0 Å². The van der Waals surface area contributed by atoms with Crippen LogP contribution in [0.4, 0.5) is 0 Å². The molecule has 0 aliphatic rings. The van der Waals surface area contributed by atoms with Crippen molar-refractivity contribution in [1.82, 2.24) is 5.32 Å². The molecule has 0 fully saturated rings. The third-order valence-electron chi connectivity index (χ3n) is 3.18. The second-order valence-corrected chi connectivity index (χ2v) is 4.78. The second kappa shape index (κ2) is 11.0. The summed E-state index contributed by atoms with van der Waals surface area (Å²) in [6.45, 7) is 4.26. The summed E-state index contributed by atoms with van der Waals surface area (Å²) in [5.74, 6) is 0.369. The van der Waals surface area contributed by atoms with Crippen LogP contribution in [-0.4, -0.2) is 13.0 Å². The lowest BCUT2D eigenvalue weighted by Crippen LogP contribution is -2.25. The van der Waals surface area contributed by atoms with Gasteiger partial charge in [-0.3, -0.25) is 4.79 Å². The molecule has 2 heteroatoms. The normalized spacial score (nSPS) is 12.4. The first-order chi connectivity index (χ1) is 7.72. The molecule has 1 atom stereocenters. The summed E-state index contributed by atoms with van der Waals surface area (Å²) in [5, 5.41) is 2.70. The van der Waals surface area contributed by atoms with Crippen LogP contribution in [0.25, 0.3) is 0 Å². The van der Waals surface area contributed by atoms with E-state index in [9.17, 15) is 4.79 Å². The summed E-state index contributed by atoms with van der Waals surface area (Å²) in [7, 11) is 1.71. The van der Waals surface area contributed by atoms with Crippen LogP contribution in [-0.2, 0) is 4.79 Å². The molecule has 2 nitrogen and oxygen atoms in total. The molecule has 0 aromatic rings. The Labute approximate surface area is 101 Å². The van der Waals surface area contributed by atoms with E-state index < -0.39 is 0 Å². The SMILES string of the molecule is CCCCCCCCCCC(C)C(=O)NC. The third-order valence-corrected chi connectivity index (χ3v) is 3.18. The molecule has 16 heavy (non-hydrogen) atoms. The lowest BCUT2D eigenvalue weighted by Gasteiger charge is -2.09. The second-order valence-electron chi connectivity index (χ2n) is 4.78. The monoisotopic (exact) mass is 227 g/mol. The third kappa shape index (κ3) is 8.75. The predicted octanol–water partition coefficient (Wildman–Crippen LogP) is 3.90. The van der Waals surface area contributed by atoms with Crippen LogP contribution in [0.1, 0.15) is 71.6 Å². The molecule has 0 radical (unpaired) electrons. The average molecular weight is 227 g/mol. The van der Waals surface area contributed by atoms with Crippen LogP contribution < -0.4 is 5.32 Å². The molecule has 0 aliphatic carbocycles. The molecule has 0 saturated heterocycles. The molecule has 0 aromatic heterocycles. The Morgan fingerprint density at radius 2 is 1.50 bits per heavy atom. The van der Waals surface area contributed by atoms with Crippen molar-refractivity contribution in [3.63, 3.8) is 0 Å². The largest absolute Gasteiger partial charge is 0.359 e. The Bertz CT molecular complexity index is 168. The summed E-state index contributed by atoms with van der Waals surface area (Å²) >= 11 is 0.